The lowest BCUT2D eigenvalue weighted by molar-refractivity contribution is -0.274. The van der Waals surface area contributed by atoms with Crippen LogP contribution in [0, 0.1) is 0 Å². The lowest BCUT2D eigenvalue weighted by atomic mass is 10.2. The first-order valence-corrected chi connectivity index (χ1v) is 4.66. The van der Waals surface area contributed by atoms with Crippen molar-refractivity contribution >= 4 is 12.0 Å². The predicted molar refractivity (Wildman–Crippen MR) is 55.8 cm³/mol. The van der Waals surface area contributed by atoms with Crippen LogP contribution in [0.25, 0.3) is 6.08 Å². The molecule has 1 rings (SSSR count). The van der Waals surface area contributed by atoms with E-state index in [4.69, 9.17) is 0 Å². The van der Waals surface area contributed by atoms with Crippen molar-refractivity contribution in [1.82, 2.24) is 0 Å². The van der Waals surface area contributed by atoms with Crippen LogP contribution in [0.2, 0.25) is 0 Å². The Bertz CT molecular complexity index is 466. The van der Waals surface area contributed by atoms with E-state index in [0.29, 0.717) is 0 Å². The van der Waals surface area contributed by atoms with E-state index in [1.807, 2.05) is 0 Å². The van der Waals surface area contributed by atoms with Gasteiger partial charge in [0, 0.05) is 17.7 Å². The molecule has 0 heterocycles. The normalized spacial score (nSPS) is 11.6. The van der Waals surface area contributed by atoms with Gasteiger partial charge in [0.15, 0.2) is 0 Å². The molecule has 1 aromatic rings. The molecule has 18 heavy (non-hydrogen) atoms. The minimum atomic E-state index is -4.82. The Hall–Kier alpha value is -2.18. The molecule has 98 valence electrons. The van der Waals surface area contributed by atoms with E-state index in [0.717, 1.165) is 18.2 Å². The molecule has 0 aromatic heterocycles. The predicted octanol–water partition coefficient (Wildman–Crippen LogP) is 2.48. The van der Waals surface area contributed by atoms with E-state index >= 15 is 0 Å². The van der Waals surface area contributed by atoms with Crippen LogP contribution in [-0.2, 0) is 9.53 Å². The number of hydrogen-bond acceptors (Lipinski definition) is 4. The average molecular weight is 262 g/mol. The molecule has 4 nitrogen and oxygen atoms in total. The number of carbonyl (C=O) groups is 1. The summed E-state index contributed by atoms with van der Waals surface area (Å²) in [4.78, 5) is 10.8. The summed E-state index contributed by atoms with van der Waals surface area (Å²) in [6.45, 7) is 0. The van der Waals surface area contributed by atoms with Crippen LogP contribution in [0.5, 0.6) is 11.5 Å². The van der Waals surface area contributed by atoms with Gasteiger partial charge in [-0.1, -0.05) is 0 Å². The summed E-state index contributed by atoms with van der Waals surface area (Å²) in [7, 11) is 1.17. The van der Waals surface area contributed by atoms with Gasteiger partial charge in [0.2, 0.25) is 0 Å². The van der Waals surface area contributed by atoms with Crippen molar-refractivity contribution in [2.24, 2.45) is 0 Å². The number of esters is 1. The van der Waals surface area contributed by atoms with Crippen LogP contribution in [0.4, 0.5) is 13.2 Å². The Morgan fingerprint density at radius 3 is 2.56 bits per heavy atom. The highest BCUT2D eigenvalue weighted by Crippen LogP contribution is 2.28. The number of alkyl halides is 3. The van der Waals surface area contributed by atoms with Crippen molar-refractivity contribution in [2.45, 2.75) is 6.36 Å². The second-order valence-electron chi connectivity index (χ2n) is 3.12. The van der Waals surface area contributed by atoms with Crippen LogP contribution in [0.1, 0.15) is 5.56 Å². The van der Waals surface area contributed by atoms with Gasteiger partial charge in [-0.2, -0.15) is 0 Å². The highest BCUT2D eigenvalue weighted by atomic mass is 19.4. The maximum Gasteiger partial charge on any atom is 0.573 e. The van der Waals surface area contributed by atoms with Crippen LogP contribution in [-0.4, -0.2) is 24.5 Å². The topological polar surface area (TPSA) is 55.8 Å². The molecule has 0 amide bonds. The molecule has 0 bridgehead atoms. The second-order valence-corrected chi connectivity index (χ2v) is 3.12. The average Bonchev–Trinajstić information content (AvgIpc) is 2.25. The highest BCUT2D eigenvalue weighted by Gasteiger charge is 2.31. The standard InChI is InChI=1S/C11H9F3O4/c1-17-10(16)5-3-7-2-4-8(6-9(7)15)18-11(12,13)14/h2-6,15H,1H3. The smallest absolute Gasteiger partial charge is 0.507 e. The molecule has 0 spiro atoms. The summed E-state index contributed by atoms with van der Waals surface area (Å²) in [5, 5.41) is 9.42. The van der Waals surface area contributed by atoms with Gasteiger partial charge in [-0.25, -0.2) is 4.79 Å². The molecule has 0 radical (unpaired) electrons. The van der Waals surface area contributed by atoms with Gasteiger partial charge in [-0.05, 0) is 18.2 Å². The van der Waals surface area contributed by atoms with E-state index < -0.39 is 23.8 Å². The number of aromatic hydroxyl groups is 1. The quantitative estimate of drug-likeness (QED) is 0.671. The van der Waals surface area contributed by atoms with Crippen molar-refractivity contribution < 1.29 is 32.5 Å². The fraction of sp³-hybridized carbons (Fsp3) is 0.182. The molecular formula is C11H9F3O4. The molecule has 1 aromatic carbocycles. The summed E-state index contributed by atoms with van der Waals surface area (Å²) in [6.07, 6.45) is -2.59. The summed E-state index contributed by atoms with van der Waals surface area (Å²) < 4.78 is 43.6. The fourth-order valence-corrected chi connectivity index (χ4v) is 1.09. The Kier molecular flexibility index (Phi) is 4.19. The number of methoxy groups -OCH3 is 1. The lowest BCUT2D eigenvalue weighted by Crippen LogP contribution is -2.17. The maximum absolute atomic E-state index is 11.9. The molecule has 0 aliphatic heterocycles. The minimum absolute atomic E-state index is 0.162. The van der Waals surface area contributed by atoms with Crippen LogP contribution >= 0.6 is 0 Å². The number of halogens is 3. The summed E-state index contributed by atoms with van der Waals surface area (Å²) in [6, 6.07) is 2.99. The molecule has 0 aliphatic rings. The van der Waals surface area contributed by atoms with E-state index in [-0.39, 0.29) is 5.56 Å². The first kappa shape index (κ1) is 13.9. The fourth-order valence-electron chi connectivity index (χ4n) is 1.09. The summed E-state index contributed by atoms with van der Waals surface area (Å²) >= 11 is 0. The highest BCUT2D eigenvalue weighted by molar-refractivity contribution is 5.87. The van der Waals surface area contributed by atoms with Crippen molar-refractivity contribution in [2.75, 3.05) is 7.11 Å². The molecule has 7 heteroatoms. The lowest BCUT2D eigenvalue weighted by Gasteiger charge is -2.09. The number of phenols is 1. The van der Waals surface area contributed by atoms with Gasteiger partial charge in [0.05, 0.1) is 7.11 Å². The molecule has 1 N–H and O–H groups in total. The first-order chi connectivity index (χ1) is 8.31. The second kappa shape index (κ2) is 5.44. The first-order valence-electron chi connectivity index (χ1n) is 4.66. The van der Waals surface area contributed by atoms with Gasteiger partial charge in [-0.3, -0.25) is 0 Å². The Morgan fingerprint density at radius 1 is 1.39 bits per heavy atom. The molecule has 0 saturated heterocycles. The Morgan fingerprint density at radius 2 is 2.06 bits per heavy atom. The van der Waals surface area contributed by atoms with Gasteiger partial charge < -0.3 is 14.6 Å². The number of phenolic OH excluding ortho intramolecular Hbond substituents is 1. The van der Waals surface area contributed by atoms with Crippen molar-refractivity contribution in [1.29, 1.82) is 0 Å². The van der Waals surface area contributed by atoms with Crippen molar-refractivity contribution in [3.8, 4) is 11.5 Å². The zero-order valence-corrected chi connectivity index (χ0v) is 9.19. The number of carbonyl (C=O) groups excluding carboxylic acids is 1. The van der Waals surface area contributed by atoms with Crippen LogP contribution in [0.3, 0.4) is 0 Å². The van der Waals surface area contributed by atoms with Gasteiger partial charge in [-0.15, -0.1) is 13.2 Å². The van der Waals surface area contributed by atoms with E-state index in [1.165, 1.54) is 19.3 Å². The van der Waals surface area contributed by atoms with Gasteiger partial charge in [0.1, 0.15) is 11.5 Å². The van der Waals surface area contributed by atoms with E-state index in [1.54, 1.807) is 0 Å². The zero-order valence-electron chi connectivity index (χ0n) is 9.19. The number of hydrogen-bond donors (Lipinski definition) is 1. The molecule has 0 atom stereocenters. The summed E-state index contributed by atoms with van der Waals surface area (Å²) in [5.41, 5.74) is 0.162. The summed E-state index contributed by atoms with van der Waals surface area (Å²) in [5.74, 6) is -1.64. The van der Waals surface area contributed by atoms with E-state index in [9.17, 15) is 23.1 Å². The molecule has 0 fully saturated rings. The molecule has 0 unspecified atom stereocenters. The van der Waals surface area contributed by atoms with Gasteiger partial charge >= 0.3 is 12.3 Å². The molecular weight excluding hydrogens is 253 g/mol. The monoisotopic (exact) mass is 262 g/mol. The minimum Gasteiger partial charge on any atom is -0.507 e. The van der Waals surface area contributed by atoms with Crippen LogP contribution < -0.4 is 4.74 Å². The van der Waals surface area contributed by atoms with Gasteiger partial charge in [0.25, 0.3) is 0 Å². The maximum atomic E-state index is 11.9. The Labute approximate surface area is 100 Å². The largest absolute Gasteiger partial charge is 0.573 e. The third kappa shape index (κ3) is 4.36. The molecule has 0 aliphatic carbocycles. The van der Waals surface area contributed by atoms with Crippen LogP contribution in [0.15, 0.2) is 24.3 Å². The van der Waals surface area contributed by atoms with E-state index in [2.05, 4.69) is 9.47 Å². The third-order valence-corrected chi connectivity index (χ3v) is 1.84. The number of rotatable bonds is 3. The zero-order chi connectivity index (χ0) is 13.8. The molecule has 0 saturated carbocycles. The number of benzene rings is 1. The number of ether oxygens (including phenoxy) is 2. The third-order valence-electron chi connectivity index (χ3n) is 1.84. The SMILES string of the molecule is COC(=O)C=Cc1ccc(OC(F)(F)F)cc1O. The Balaban J connectivity index is 2.86. The van der Waals surface area contributed by atoms with Crippen molar-refractivity contribution in [3.05, 3.63) is 29.8 Å². The van der Waals surface area contributed by atoms with Crippen molar-refractivity contribution in [3.63, 3.8) is 0 Å².